The highest BCUT2D eigenvalue weighted by Gasteiger charge is 2.44. The van der Waals surface area contributed by atoms with Crippen LogP contribution in [0, 0.1) is 18.3 Å². The lowest BCUT2D eigenvalue weighted by Gasteiger charge is -2.42. The third-order valence-corrected chi connectivity index (χ3v) is 8.30. The Morgan fingerprint density at radius 2 is 1.85 bits per heavy atom. The number of hydrogen-bond donors (Lipinski definition) is 1. The van der Waals surface area contributed by atoms with Crippen LogP contribution in [0.15, 0.2) is 60.8 Å². The number of carbonyl (C=O) groups is 1. The van der Waals surface area contributed by atoms with Gasteiger partial charge in [0.25, 0.3) is 0 Å². The Labute approximate surface area is 232 Å². The molecule has 6 nitrogen and oxygen atoms in total. The van der Waals surface area contributed by atoms with Crippen molar-refractivity contribution < 1.29 is 18.0 Å². The van der Waals surface area contributed by atoms with Gasteiger partial charge in [-0.25, -0.2) is 0 Å². The van der Waals surface area contributed by atoms with E-state index >= 15 is 0 Å². The maximum absolute atomic E-state index is 14.0. The molecule has 5 rings (SSSR count). The van der Waals surface area contributed by atoms with Crippen LogP contribution in [0.25, 0.3) is 11.3 Å². The molecule has 0 bridgehead atoms. The molecule has 0 unspecified atom stereocenters. The topological polar surface area (TPSA) is 72.3 Å². The quantitative estimate of drug-likeness (QED) is 0.469. The smallest absolute Gasteiger partial charge is 0.370 e. The van der Waals surface area contributed by atoms with Crippen LogP contribution in [0.2, 0.25) is 0 Å². The summed E-state index contributed by atoms with van der Waals surface area (Å²) in [6.07, 6.45) is -0.967. The summed E-state index contributed by atoms with van der Waals surface area (Å²) in [4.78, 5) is 22.8. The summed E-state index contributed by atoms with van der Waals surface area (Å²) in [5.74, 6) is -0.0502. The number of carbonyl (C=O) groups excluding carboxylic acids is 1. The van der Waals surface area contributed by atoms with Crippen molar-refractivity contribution in [1.82, 2.24) is 15.2 Å². The van der Waals surface area contributed by atoms with Gasteiger partial charge in [0, 0.05) is 37.4 Å². The van der Waals surface area contributed by atoms with Crippen LogP contribution in [0.1, 0.15) is 41.5 Å². The lowest BCUT2D eigenvalue weighted by Crippen LogP contribution is -2.54. The monoisotopic (exact) mass is 547 g/mol. The molecule has 1 aromatic heterocycles. The second-order valence-corrected chi connectivity index (χ2v) is 10.9. The number of alkyl halides is 3. The van der Waals surface area contributed by atoms with Crippen LogP contribution in [0.5, 0.6) is 0 Å². The number of nitrogens with one attached hydrogen (secondary N) is 1. The minimum atomic E-state index is -4.52. The number of pyridine rings is 1. The normalized spacial score (nSPS) is 19.3. The minimum Gasteiger partial charge on any atom is -0.370 e. The molecule has 40 heavy (non-hydrogen) atoms. The fourth-order valence-electron chi connectivity index (χ4n) is 5.93. The van der Waals surface area contributed by atoms with Crippen molar-refractivity contribution in [2.75, 3.05) is 38.1 Å². The van der Waals surface area contributed by atoms with Crippen LogP contribution < -0.4 is 10.2 Å². The van der Waals surface area contributed by atoms with Gasteiger partial charge < -0.3 is 15.1 Å². The van der Waals surface area contributed by atoms with Crippen LogP contribution in [-0.4, -0.2) is 55.1 Å². The van der Waals surface area contributed by atoms with Crippen molar-refractivity contribution in [3.05, 3.63) is 83.0 Å². The largest absolute Gasteiger partial charge is 0.416 e. The highest BCUT2D eigenvalue weighted by atomic mass is 19.4. The van der Waals surface area contributed by atoms with E-state index in [2.05, 4.69) is 10.2 Å². The number of likely N-dealkylation sites (tertiary alicyclic amines) is 1. The highest BCUT2D eigenvalue weighted by molar-refractivity contribution is 5.89. The summed E-state index contributed by atoms with van der Waals surface area (Å²) >= 11 is 0. The van der Waals surface area contributed by atoms with Gasteiger partial charge in [-0.2, -0.15) is 18.4 Å². The zero-order valence-corrected chi connectivity index (χ0v) is 22.6. The molecule has 208 valence electrons. The van der Waals surface area contributed by atoms with Gasteiger partial charge in [-0.15, -0.1) is 0 Å². The minimum absolute atomic E-state index is 0.0231. The Bertz CT molecular complexity index is 1420. The van der Waals surface area contributed by atoms with Crippen LogP contribution in [0.3, 0.4) is 0 Å². The third kappa shape index (κ3) is 5.41. The van der Waals surface area contributed by atoms with Gasteiger partial charge in [0.15, 0.2) is 0 Å². The first-order valence-electron chi connectivity index (χ1n) is 13.5. The van der Waals surface area contributed by atoms with Crippen molar-refractivity contribution in [3.8, 4) is 17.3 Å². The number of rotatable bonds is 5. The molecule has 1 atom stereocenters. The zero-order chi connectivity index (χ0) is 28.5. The predicted molar refractivity (Wildman–Crippen MR) is 148 cm³/mol. The molecule has 2 aromatic carbocycles. The van der Waals surface area contributed by atoms with Crippen molar-refractivity contribution >= 4 is 11.6 Å². The molecule has 2 aliphatic heterocycles. The number of anilines is 1. The molecular formula is C31H32F3N5O. The van der Waals surface area contributed by atoms with E-state index in [0.29, 0.717) is 31.6 Å². The van der Waals surface area contributed by atoms with E-state index in [4.69, 9.17) is 4.98 Å². The van der Waals surface area contributed by atoms with Gasteiger partial charge in [-0.3, -0.25) is 9.78 Å². The van der Waals surface area contributed by atoms with E-state index in [9.17, 15) is 23.2 Å². The summed E-state index contributed by atoms with van der Waals surface area (Å²) in [6.45, 7) is 4.57. The number of amides is 1. The van der Waals surface area contributed by atoms with Gasteiger partial charge in [0.05, 0.1) is 27.9 Å². The molecule has 0 radical (unpaired) electrons. The van der Waals surface area contributed by atoms with E-state index in [-0.39, 0.29) is 17.5 Å². The molecule has 3 aromatic rings. The average Bonchev–Trinajstić information content (AvgIpc) is 3.36. The van der Waals surface area contributed by atoms with Gasteiger partial charge in [0.2, 0.25) is 5.91 Å². The molecular weight excluding hydrogens is 515 g/mol. The molecule has 2 saturated heterocycles. The first-order chi connectivity index (χ1) is 19.1. The number of benzene rings is 2. The highest BCUT2D eigenvalue weighted by Crippen LogP contribution is 2.40. The summed E-state index contributed by atoms with van der Waals surface area (Å²) in [6, 6.07) is 17.2. The second kappa shape index (κ2) is 10.9. The number of hydrogen-bond acceptors (Lipinski definition) is 5. The summed E-state index contributed by atoms with van der Waals surface area (Å²) in [7, 11) is 2.03. The molecule has 1 amide bonds. The van der Waals surface area contributed by atoms with Crippen molar-refractivity contribution in [3.63, 3.8) is 0 Å². The Hall–Kier alpha value is -3.90. The maximum atomic E-state index is 14.0. The van der Waals surface area contributed by atoms with Crippen LogP contribution >= 0.6 is 0 Å². The predicted octanol–water partition coefficient (Wildman–Crippen LogP) is 5.31. The fourth-order valence-corrected chi connectivity index (χ4v) is 5.93. The van der Waals surface area contributed by atoms with Crippen LogP contribution in [0.4, 0.5) is 18.9 Å². The van der Waals surface area contributed by atoms with E-state index in [0.717, 1.165) is 54.0 Å². The van der Waals surface area contributed by atoms with E-state index in [1.54, 1.807) is 6.20 Å². The second-order valence-electron chi connectivity index (χ2n) is 10.9. The van der Waals surface area contributed by atoms with Crippen LogP contribution in [-0.2, 0) is 16.4 Å². The summed E-state index contributed by atoms with van der Waals surface area (Å²) in [5.41, 5.74) is 2.53. The van der Waals surface area contributed by atoms with E-state index in [1.807, 2.05) is 61.3 Å². The fraction of sp³-hybridized carbons (Fsp3) is 0.387. The number of halogens is 3. The van der Waals surface area contributed by atoms with Gasteiger partial charge in [-0.05, 0) is 75.2 Å². The lowest BCUT2D eigenvalue weighted by atomic mass is 9.72. The summed E-state index contributed by atoms with van der Waals surface area (Å²) < 4.78 is 39.7. The van der Waals surface area contributed by atoms with Gasteiger partial charge in [-0.1, -0.05) is 30.3 Å². The Balaban J connectivity index is 1.43. The molecule has 0 saturated carbocycles. The number of nitriles is 1. The molecule has 3 heterocycles. The molecule has 9 heteroatoms. The van der Waals surface area contributed by atoms with Gasteiger partial charge in [0.1, 0.15) is 6.07 Å². The molecule has 2 aliphatic rings. The van der Waals surface area contributed by atoms with Gasteiger partial charge >= 0.3 is 6.18 Å². The lowest BCUT2D eigenvalue weighted by molar-refractivity contribution is -0.137. The molecule has 0 aliphatic carbocycles. The van der Waals surface area contributed by atoms with E-state index in [1.165, 1.54) is 6.07 Å². The average molecular weight is 548 g/mol. The first-order valence-corrected chi connectivity index (χ1v) is 13.5. The standard InChI is InChI=1S/C31H32F3N5O/c1-21-5-3-4-6-26(21)27-9-7-24(19-36-27)30(29(40)37-25-11-14-38(2)20-25)12-15-39(16-13-30)28-10-8-23(31(32,33)34)17-22(28)18-35/h3-10,17,19,25H,11-16,20H2,1-2H3,(H,37,40)/t25-/m1/s1. The summed E-state index contributed by atoms with van der Waals surface area (Å²) in [5, 5.41) is 12.9. The molecule has 0 spiro atoms. The number of aryl methyl sites for hydroxylation is 1. The van der Waals surface area contributed by atoms with Crippen molar-refractivity contribution in [1.29, 1.82) is 5.26 Å². The SMILES string of the molecule is Cc1ccccc1-c1ccc(C2(C(=O)N[C@@H]3CCN(C)C3)CCN(c3ccc(C(F)(F)F)cc3C#N)CC2)cn1. The van der Waals surface area contributed by atoms with Crippen molar-refractivity contribution in [2.45, 2.75) is 43.8 Å². The van der Waals surface area contributed by atoms with E-state index < -0.39 is 17.2 Å². The molecule has 1 N–H and O–H groups in total. The molecule has 2 fully saturated rings. The number of nitrogens with zero attached hydrogens (tertiary/aromatic N) is 4. The Kier molecular flexibility index (Phi) is 7.56. The Morgan fingerprint density at radius 1 is 1.10 bits per heavy atom. The maximum Gasteiger partial charge on any atom is 0.416 e. The zero-order valence-electron chi connectivity index (χ0n) is 22.6. The number of aromatic nitrogens is 1. The first kappa shape index (κ1) is 27.7. The van der Waals surface area contributed by atoms with Crippen molar-refractivity contribution in [2.24, 2.45) is 0 Å². The number of likely N-dealkylation sites (N-methyl/N-ethyl adjacent to an activating group) is 1. The third-order valence-electron chi connectivity index (χ3n) is 8.30. The number of piperidine rings is 1. The Morgan fingerprint density at radius 3 is 2.45 bits per heavy atom.